The third-order valence-corrected chi connectivity index (χ3v) is 4.43. The third kappa shape index (κ3) is 3.29. The Bertz CT molecular complexity index is 399. The summed E-state index contributed by atoms with van der Waals surface area (Å²) in [6.07, 6.45) is 3.26. The van der Waals surface area contributed by atoms with Crippen molar-refractivity contribution in [1.29, 1.82) is 0 Å². The molecule has 100 valence electrons. The first kappa shape index (κ1) is 13.5. The summed E-state index contributed by atoms with van der Waals surface area (Å²) >= 11 is 1.69. The molecule has 1 aliphatic heterocycles. The van der Waals surface area contributed by atoms with Gasteiger partial charge in [0.1, 0.15) is 0 Å². The van der Waals surface area contributed by atoms with Gasteiger partial charge in [-0.05, 0) is 33.1 Å². The molecule has 1 aliphatic rings. The molecular weight excluding hydrogens is 246 g/mol. The van der Waals surface area contributed by atoms with Gasteiger partial charge in [-0.15, -0.1) is 11.3 Å². The number of thiazole rings is 1. The molecule has 0 radical (unpaired) electrons. The van der Waals surface area contributed by atoms with E-state index < -0.39 is 0 Å². The lowest BCUT2D eigenvalue weighted by Gasteiger charge is -2.21. The standard InChI is InChI=1S/C13H21N3OS/c1-10-12(18-9-15-10)5-6-14-11(2)13(17)16-7-3-4-8-16/h9,11,14H,3-8H2,1-2H3. The number of carbonyl (C=O) groups is 1. The summed E-state index contributed by atoms with van der Waals surface area (Å²) in [4.78, 5) is 19.6. The van der Waals surface area contributed by atoms with E-state index in [4.69, 9.17) is 0 Å². The number of aryl methyl sites for hydroxylation is 1. The minimum absolute atomic E-state index is 0.0728. The summed E-state index contributed by atoms with van der Waals surface area (Å²) in [5.74, 6) is 0.244. The number of nitrogens with one attached hydrogen (secondary N) is 1. The van der Waals surface area contributed by atoms with Crippen molar-refractivity contribution in [2.75, 3.05) is 19.6 Å². The number of rotatable bonds is 5. The first-order valence-electron chi connectivity index (χ1n) is 6.59. The fourth-order valence-corrected chi connectivity index (χ4v) is 3.05. The second kappa shape index (κ2) is 6.29. The van der Waals surface area contributed by atoms with Crippen LogP contribution in [-0.2, 0) is 11.2 Å². The molecule has 5 heteroatoms. The first-order chi connectivity index (χ1) is 8.68. The van der Waals surface area contributed by atoms with Crippen LogP contribution in [-0.4, -0.2) is 41.5 Å². The summed E-state index contributed by atoms with van der Waals surface area (Å²) in [5, 5.41) is 3.31. The molecule has 0 saturated carbocycles. The van der Waals surface area contributed by atoms with Crippen molar-refractivity contribution in [1.82, 2.24) is 15.2 Å². The molecule has 1 aromatic rings. The Balaban J connectivity index is 1.72. The van der Waals surface area contributed by atoms with Gasteiger partial charge in [0.2, 0.25) is 5.91 Å². The maximum atomic E-state index is 12.1. The number of amides is 1. The Labute approximate surface area is 112 Å². The molecular formula is C13H21N3OS. The Morgan fingerprint density at radius 3 is 2.89 bits per heavy atom. The zero-order valence-electron chi connectivity index (χ0n) is 11.1. The van der Waals surface area contributed by atoms with Gasteiger partial charge in [-0.1, -0.05) is 0 Å². The van der Waals surface area contributed by atoms with Gasteiger partial charge < -0.3 is 10.2 Å². The summed E-state index contributed by atoms with van der Waals surface area (Å²) in [6, 6.07) is -0.0728. The van der Waals surface area contributed by atoms with Crippen LogP contribution in [0.3, 0.4) is 0 Å². The molecule has 1 unspecified atom stereocenters. The number of hydrogen-bond acceptors (Lipinski definition) is 4. The van der Waals surface area contributed by atoms with Gasteiger partial charge in [0.25, 0.3) is 0 Å². The summed E-state index contributed by atoms with van der Waals surface area (Å²) in [6.45, 7) is 6.69. The summed E-state index contributed by atoms with van der Waals surface area (Å²) in [5.41, 5.74) is 2.99. The lowest BCUT2D eigenvalue weighted by atomic mass is 10.2. The molecule has 0 bridgehead atoms. The zero-order chi connectivity index (χ0) is 13.0. The van der Waals surface area contributed by atoms with Crippen molar-refractivity contribution in [2.24, 2.45) is 0 Å². The Morgan fingerprint density at radius 2 is 2.28 bits per heavy atom. The third-order valence-electron chi connectivity index (χ3n) is 3.44. The zero-order valence-corrected chi connectivity index (χ0v) is 11.9. The van der Waals surface area contributed by atoms with Crippen LogP contribution in [0.15, 0.2) is 5.51 Å². The van der Waals surface area contributed by atoms with E-state index in [1.54, 1.807) is 11.3 Å². The molecule has 1 fully saturated rings. The van der Waals surface area contributed by atoms with Crippen LogP contribution < -0.4 is 5.32 Å². The number of nitrogens with zero attached hydrogens (tertiary/aromatic N) is 2. The van der Waals surface area contributed by atoms with Crippen molar-refractivity contribution in [3.63, 3.8) is 0 Å². The number of carbonyl (C=O) groups excluding carboxylic acids is 1. The van der Waals surface area contributed by atoms with Crippen LogP contribution in [0.1, 0.15) is 30.3 Å². The molecule has 1 amide bonds. The van der Waals surface area contributed by atoms with E-state index in [1.165, 1.54) is 4.88 Å². The molecule has 18 heavy (non-hydrogen) atoms. The van der Waals surface area contributed by atoms with E-state index in [9.17, 15) is 4.79 Å². The van der Waals surface area contributed by atoms with Crippen molar-refractivity contribution in [2.45, 2.75) is 39.2 Å². The van der Waals surface area contributed by atoms with Crippen LogP contribution in [0.2, 0.25) is 0 Å². The fourth-order valence-electron chi connectivity index (χ4n) is 2.27. The average molecular weight is 267 g/mol. The van der Waals surface area contributed by atoms with Gasteiger partial charge in [0.05, 0.1) is 17.2 Å². The molecule has 2 heterocycles. The highest BCUT2D eigenvalue weighted by molar-refractivity contribution is 7.09. The van der Waals surface area contributed by atoms with E-state index in [1.807, 2.05) is 24.3 Å². The van der Waals surface area contributed by atoms with Crippen molar-refractivity contribution < 1.29 is 4.79 Å². The van der Waals surface area contributed by atoms with Crippen LogP contribution in [0, 0.1) is 6.92 Å². The van der Waals surface area contributed by atoms with E-state index in [0.29, 0.717) is 0 Å². The van der Waals surface area contributed by atoms with Crippen molar-refractivity contribution in [3.05, 3.63) is 16.1 Å². The fraction of sp³-hybridized carbons (Fsp3) is 0.692. The predicted octanol–water partition coefficient (Wildman–Crippen LogP) is 1.59. The molecule has 1 atom stereocenters. The Hall–Kier alpha value is -0.940. The maximum Gasteiger partial charge on any atom is 0.239 e. The monoisotopic (exact) mass is 267 g/mol. The molecule has 2 rings (SSSR count). The highest BCUT2D eigenvalue weighted by atomic mass is 32.1. The second-order valence-electron chi connectivity index (χ2n) is 4.82. The quantitative estimate of drug-likeness (QED) is 0.881. The second-order valence-corrected chi connectivity index (χ2v) is 5.76. The van der Waals surface area contributed by atoms with E-state index >= 15 is 0 Å². The Morgan fingerprint density at radius 1 is 1.56 bits per heavy atom. The van der Waals surface area contributed by atoms with Crippen LogP contribution in [0.25, 0.3) is 0 Å². The van der Waals surface area contributed by atoms with Gasteiger partial charge in [0.15, 0.2) is 0 Å². The van der Waals surface area contributed by atoms with Gasteiger partial charge in [0, 0.05) is 24.5 Å². The van der Waals surface area contributed by atoms with Gasteiger partial charge >= 0.3 is 0 Å². The number of hydrogen-bond donors (Lipinski definition) is 1. The molecule has 0 aromatic carbocycles. The minimum Gasteiger partial charge on any atom is -0.341 e. The summed E-state index contributed by atoms with van der Waals surface area (Å²) < 4.78 is 0. The largest absolute Gasteiger partial charge is 0.341 e. The molecule has 4 nitrogen and oxygen atoms in total. The first-order valence-corrected chi connectivity index (χ1v) is 7.47. The van der Waals surface area contributed by atoms with E-state index in [0.717, 1.165) is 44.6 Å². The smallest absolute Gasteiger partial charge is 0.239 e. The number of aromatic nitrogens is 1. The van der Waals surface area contributed by atoms with Gasteiger partial charge in [-0.25, -0.2) is 4.98 Å². The van der Waals surface area contributed by atoms with Crippen LogP contribution in [0.4, 0.5) is 0 Å². The molecule has 1 saturated heterocycles. The Kier molecular flexibility index (Phi) is 4.72. The minimum atomic E-state index is -0.0728. The maximum absolute atomic E-state index is 12.1. The SMILES string of the molecule is Cc1ncsc1CCNC(C)C(=O)N1CCCC1. The van der Waals surface area contributed by atoms with E-state index in [2.05, 4.69) is 10.3 Å². The molecule has 1 aromatic heterocycles. The van der Waals surface area contributed by atoms with Crippen molar-refractivity contribution in [3.8, 4) is 0 Å². The summed E-state index contributed by atoms with van der Waals surface area (Å²) in [7, 11) is 0. The lowest BCUT2D eigenvalue weighted by Crippen LogP contribution is -2.44. The predicted molar refractivity (Wildman–Crippen MR) is 73.8 cm³/mol. The molecule has 0 spiro atoms. The van der Waals surface area contributed by atoms with Crippen LogP contribution in [0.5, 0.6) is 0 Å². The topological polar surface area (TPSA) is 45.2 Å². The molecule has 0 aliphatic carbocycles. The highest BCUT2D eigenvalue weighted by Gasteiger charge is 2.22. The van der Waals surface area contributed by atoms with E-state index in [-0.39, 0.29) is 11.9 Å². The number of likely N-dealkylation sites (tertiary alicyclic amines) is 1. The van der Waals surface area contributed by atoms with Gasteiger partial charge in [-0.3, -0.25) is 4.79 Å². The highest BCUT2D eigenvalue weighted by Crippen LogP contribution is 2.12. The van der Waals surface area contributed by atoms with Gasteiger partial charge in [-0.2, -0.15) is 0 Å². The average Bonchev–Trinajstić information content (AvgIpc) is 3.00. The lowest BCUT2D eigenvalue weighted by molar-refractivity contribution is -0.131. The van der Waals surface area contributed by atoms with Crippen molar-refractivity contribution >= 4 is 17.2 Å². The van der Waals surface area contributed by atoms with Crippen LogP contribution >= 0.6 is 11.3 Å². The normalized spacial score (nSPS) is 17.1. The molecule has 1 N–H and O–H groups in total.